The molecule has 0 bridgehead atoms. The van der Waals surface area contributed by atoms with Gasteiger partial charge in [0.05, 0.1) is 11.6 Å². The van der Waals surface area contributed by atoms with Crippen LogP contribution in [0.1, 0.15) is 30.1 Å². The molecule has 5 heteroatoms. The molecule has 0 heterocycles. The first kappa shape index (κ1) is 15.0. The lowest BCUT2D eigenvalue weighted by Gasteiger charge is -2.11. The number of ketones is 1. The number of hydrogen-bond acceptors (Lipinski definition) is 4. The smallest absolute Gasteiger partial charge is 0.164 e. The van der Waals surface area contributed by atoms with E-state index in [1.807, 2.05) is 6.92 Å². The van der Waals surface area contributed by atoms with Gasteiger partial charge in [0.25, 0.3) is 0 Å². The van der Waals surface area contributed by atoms with Crippen molar-refractivity contribution in [3.05, 3.63) is 28.8 Å². The van der Waals surface area contributed by atoms with Crippen molar-refractivity contribution in [3.63, 3.8) is 0 Å². The molecule has 0 aliphatic rings. The zero-order chi connectivity index (χ0) is 13.5. The fourth-order valence-electron chi connectivity index (χ4n) is 1.42. The maximum Gasteiger partial charge on any atom is 0.164 e. The van der Waals surface area contributed by atoms with Gasteiger partial charge in [-0.25, -0.2) is 0 Å². The van der Waals surface area contributed by atoms with E-state index in [-0.39, 0.29) is 19.0 Å². The average molecular weight is 273 g/mol. The first-order valence-corrected chi connectivity index (χ1v) is 6.20. The Morgan fingerprint density at radius 2 is 2.22 bits per heavy atom. The normalized spacial score (nSPS) is 12.2. The minimum Gasteiger partial charge on any atom is -0.491 e. The van der Waals surface area contributed by atoms with Gasteiger partial charge in [0.2, 0.25) is 0 Å². The average Bonchev–Trinajstić information content (AvgIpc) is 2.36. The quantitative estimate of drug-likeness (QED) is 0.746. The molecule has 0 saturated carbocycles. The topological polar surface area (TPSA) is 66.8 Å². The van der Waals surface area contributed by atoms with Crippen molar-refractivity contribution >= 4 is 17.4 Å². The molecule has 1 aromatic rings. The van der Waals surface area contributed by atoms with Crippen molar-refractivity contribution < 1.29 is 19.7 Å². The number of rotatable bonds is 7. The van der Waals surface area contributed by atoms with Crippen molar-refractivity contribution in [3.8, 4) is 5.75 Å². The predicted molar refractivity (Wildman–Crippen MR) is 69.3 cm³/mol. The number of ether oxygens (including phenoxy) is 1. The van der Waals surface area contributed by atoms with Crippen molar-refractivity contribution in [1.82, 2.24) is 0 Å². The highest BCUT2D eigenvalue weighted by atomic mass is 35.5. The Morgan fingerprint density at radius 1 is 1.50 bits per heavy atom. The zero-order valence-electron chi connectivity index (χ0n) is 10.2. The van der Waals surface area contributed by atoms with Gasteiger partial charge in [-0.05, 0) is 24.6 Å². The molecule has 0 radical (unpaired) electrons. The second-order valence-corrected chi connectivity index (χ2v) is 4.37. The molecule has 0 saturated heterocycles. The number of aliphatic hydroxyl groups is 2. The molecular formula is C13H17ClO4. The lowest BCUT2D eigenvalue weighted by atomic mass is 10.1. The molecule has 100 valence electrons. The van der Waals surface area contributed by atoms with Gasteiger partial charge in [0, 0.05) is 12.0 Å². The van der Waals surface area contributed by atoms with Crippen LogP contribution in [0.3, 0.4) is 0 Å². The molecule has 0 amide bonds. The third-order valence-corrected chi connectivity index (χ3v) is 2.68. The molecule has 0 spiro atoms. The lowest BCUT2D eigenvalue weighted by Crippen LogP contribution is -2.21. The standard InChI is InChI=1S/C13H17ClO4/c1-2-3-13(17)11-5-4-10(6-12(11)14)18-8-9(16)7-15/h4-6,9,15-16H,2-3,7-8H2,1H3. The highest BCUT2D eigenvalue weighted by Crippen LogP contribution is 2.24. The molecule has 1 rings (SSSR count). The number of hydrogen-bond donors (Lipinski definition) is 2. The van der Waals surface area contributed by atoms with Crippen LogP contribution in [0.2, 0.25) is 5.02 Å². The lowest BCUT2D eigenvalue weighted by molar-refractivity contribution is 0.0536. The van der Waals surface area contributed by atoms with Crippen molar-refractivity contribution in [1.29, 1.82) is 0 Å². The maximum atomic E-state index is 11.7. The predicted octanol–water partition coefficient (Wildman–Crippen LogP) is 2.05. The van der Waals surface area contributed by atoms with Crippen molar-refractivity contribution in [2.45, 2.75) is 25.9 Å². The van der Waals surface area contributed by atoms with E-state index >= 15 is 0 Å². The summed E-state index contributed by atoms with van der Waals surface area (Å²) < 4.78 is 5.23. The van der Waals surface area contributed by atoms with Gasteiger partial charge in [0.15, 0.2) is 5.78 Å². The Labute approximate surface area is 111 Å². The fourth-order valence-corrected chi connectivity index (χ4v) is 1.69. The number of aliphatic hydroxyl groups excluding tert-OH is 2. The Kier molecular flexibility index (Phi) is 6.12. The van der Waals surface area contributed by atoms with Gasteiger partial charge < -0.3 is 14.9 Å². The summed E-state index contributed by atoms with van der Waals surface area (Å²) in [4.78, 5) is 11.7. The van der Waals surface area contributed by atoms with E-state index in [0.717, 1.165) is 6.42 Å². The molecule has 4 nitrogen and oxygen atoms in total. The van der Waals surface area contributed by atoms with Crippen LogP contribution in [-0.2, 0) is 0 Å². The van der Waals surface area contributed by atoms with Crippen LogP contribution in [0.25, 0.3) is 0 Å². The molecule has 0 aliphatic carbocycles. The summed E-state index contributed by atoms with van der Waals surface area (Å²) in [6.45, 7) is 1.55. The highest BCUT2D eigenvalue weighted by Gasteiger charge is 2.11. The molecule has 1 atom stereocenters. The molecule has 1 aromatic carbocycles. The Bertz CT molecular complexity index is 406. The zero-order valence-corrected chi connectivity index (χ0v) is 11.0. The van der Waals surface area contributed by atoms with Gasteiger partial charge in [-0.3, -0.25) is 4.79 Å². The van der Waals surface area contributed by atoms with Crippen LogP contribution in [-0.4, -0.2) is 35.3 Å². The number of benzene rings is 1. The Morgan fingerprint density at radius 3 is 2.78 bits per heavy atom. The second-order valence-electron chi connectivity index (χ2n) is 3.96. The summed E-state index contributed by atoms with van der Waals surface area (Å²) >= 11 is 6.00. The number of Topliss-reactive ketones (excluding diaryl/α,β-unsaturated/α-hetero) is 1. The van der Waals surface area contributed by atoms with E-state index in [0.29, 0.717) is 22.8 Å². The van der Waals surface area contributed by atoms with Crippen LogP contribution in [0.15, 0.2) is 18.2 Å². The van der Waals surface area contributed by atoms with Crippen LogP contribution in [0.4, 0.5) is 0 Å². The first-order valence-electron chi connectivity index (χ1n) is 5.83. The molecule has 2 N–H and O–H groups in total. The third-order valence-electron chi connectivity index (χ3n) is 2.37. The molecular weight excluding hydrogens is 256 g/mol. The summed E-state index contributed by atoms with van der Waals surface area (Å²) in [5.74, 6) is 0.463. The first-order chi connectivity index (χ1) is 8.58. The summed E-state index contributed by atoms with van der Waals surface area (Å²) in [6, 6.07) is 4.77. The summed E-state index contributed by atoms with van der Waals surface area (Å²) in [7, 11) is 0. The minimum atomic E-state index is -0.926. The Hall–Kier alpha value is -1.10. The second kappa shape index (κ2) is 7.36. The van der Waals surface area contributed by atoms with E-state index in [9.17, 15) is 4.79 Å². The van der Waals surface area contributed by atoms with E-state index in [1.54, 1.807) is 12.1 Å². The summed E-state index contributed by atoms with van der Waals surface area (Å²) in [6.07, 6.45) is 0.310. The van der Waals surface area contributed by atoms with Gasteiger partial charge in [-0.2, -0.15) is 0 Å². The van der Waals surface area contributed by atoms with Gasteiger partial charge in [-0.15, -0.1) is 0 Å². The maximum absolute atomic E-state index is 11.7. The molecule has 1 unspecified atom stereocenters. The Balaban J connectivity index is 2.70. The van der Waals surface area contributed by atoms with Gasteiger partial charge in [0.1, 0.15) is 18.5 Å². The SMILES string of the molecule is CCCC(=O)c1ccc(OCC(O)CO)cc1Cl. The highest BCUT2D eigenvalue weighted by molar-refractivity contribution is 6.34. The van der Waals surface area contributed by atoms with E-state index < -0.39 is 6.10 Å². The van der Waals surface area contributed by atoms with Crippen LogP contribution in [0.5, 0.6) is 5.75 Å². The molecule has 0 aliphatic heterocycles. The largest absolute Gasteiger partial charge is 0.491 e. The van der Waals surface area contributed by atoms with Gasteiger partial charge in [-0.1, -0.05) is 18.5 Å². The van der Waals surface area contributed by atoms with Crippen LogP contribution < -0.4 is 4.74 Å². The van der Waals surface area contributed by atoms with Gasteiger partial charge >= 0.3 is 0 Å². The third kappa shape index (κ3) is 4.29. The van der Waals surface area contributed by atoms with Crippen molar-refractivity contribution in [2.24, 2.45) is 0 Å². The molecule has 18 heavy (non-hydrogen) atoms. The number of carbonyl (C=O) groups excluding carboxylic acids is 1. The van der Waals surface area contributed by atoms with Crippen molar-refractivity contribution in [2.75, 3.05) is 13.2 Å². The van der Waals surface area contributed by atoms with Crippen LogP contribution in [0, 0.1) is 0 Å². The van der Waals surface area contributed by atoms with E-state index in [4.69, 9.17) is 26.6 Å². The summed E-state index contributed by atoms with van der Waals surface area (Å²) in [5.41, 5.74) is 0.480. The molecule has 0 fully saturated rings. The number of halogens is 1. The van der Waals surface area contributed by atoms with E-state index in [2.05, 4.69) is 0 Å². The van der Waals surface area contributed by atoms with E-state index in [1.165, 1.54) is 6.07 Å². The minimum absolute atomic E-state index is 0.00411. The number of carbonyl (C=O) groups is 1. The fraction of sp³-hybridized carbons (Fsp3) is 0.462. The molecule has 0 aromatic heterocycles. The van der Waals surface area contributed by atoms with Crippen LogP contribution >= 0.6 is 11.6 Å². The monoisotopic (exact) mass is 272 g/mol. The summed E-state index contributed by atoms with van der Waals surface area (Å²) in [5, 5.41) is 18.1.